The molecule has 2 rings (SSSR count). The van der Waals surface area contributed by atoms with Gasteiger partial charge in [-0.05, 0) is 28.4 Å². The Morgan fingerprint density at radius 2 is 2.06 bits per heavy atom. The summed E-state index contributed by atoms with van der Waals surface area (Å²) in [4.78, 5) is 0.0678. The van der Waals surface area contributed by atoms with E-state index in [1.165, 1.54) is 10.7 Å². The van der Waals surface area contributed by atoms with Gasteiger partial charge in [0.2, 0.25) is 0 Å². The van der Waals surface area contributed by atoms with Gasteiger partial charge in [-0.3, -0.25) is 0 Å². The van der Waals surface area contributed by atoms with E-state index in [-0.39, 0.29) is 15.0 Å². The van der Waals surface area contributed by atoms with Crippen LogP contribution in [0.15, 0.2) is 22.8 Å². The zero-order chi connectivity index (χ0) is 13.3. The van der Waals surface area contributed by atoms with Crippen molar-refractivity contribution in [2.24, 2.45) is 0 Å². The Hall–Kier alpha value is -0.820. The third kappa shape index (κ3) is 2.61. The van der Waals surface area contributed by atoms with E-state index in [9.17, 15) is 8.78 Å². The standard InChI is InChI=1S/C11H9Br2F2N3/c1-2-6(12)10-5-18(17-16-10)11-3-7(13)8(14)4-9(11)15/h3-6H,2H2,1H3. The molecule has 1 aromatic carbocycles. The van der Waals surface area contributed by atoms with E-state index >= 15 is 0 Å². The van der Waals surface area contributed by atoms with Gasteiger partial charge in [-0.25, -0.2) is 13.5 Å². The van der Waals surface area contributed by atoms with Crippen molar-refractivity contribution in [1.29, 1.82) is 0 Å². The molecule has 0 aliphatic rings. The van der Waals surface area contributed by atoms with Crippen LogP contribution in [0.5, 0.6) is 0 Å². The first-order valence-electron chi connectivity index (χ1n) is 5.24. The fourth-order valence-corrected chi connectivity index (χ4v) is 1.98. The minimum absolute atomic E-state index is 0.0678. The van der Waals surface area contributed by atoms with Crippen molar-refractivity contribution in [3.05, 3.63) is 40.1 Å². The molecule has 18 heavy (non-hydrogen) atoms. The van der Waals surface area contributed by atoms with E-state index in [1.54, 1.807) is 6.20 Å². The van der Waals surface area contributed by atoms with Gasteiger partial charge in [0.25, 0.3) is 0 Å². The van der Waals surface area contributed by atoms with E-state index in [0.717, 1.165) is 12.5 Å². The molecular formula is C11H9Br2F2N3. The number of nitrogens with zero attached hydrogens (tertiary/aromatic N) is 3. The lowest BCUT2D eigenvalue weighted by atomic mass is 10.2. The summed E-state index contributed by atoms with van der Waals surface area (Å²) < 4.78 is 28.2. The molecule has 0 amide bonds. The second-order valence-corrected chi connectivity index (χ2v) is 5.64. The van der Waals surface area contributed by atoms with Crippen LogP contribution in [0.1, 0.15) is 23.9 Å². The number of aromatic nitrogens is 3. The molecule has 0 bridgehead atoms. The van der Waals surface area contributed by atoms with Gasteiger partial charge in [0.1, 0.15) is 11.5 Å². The summed E-state index contributed by atoms with van der Waals surface area (Å²) in [7, 11) is 0. The first-order chi connectivity index (χ1) is 8.52. The summed E-state index contributed by atoms with van der Waals surface area (Å²) in [6, 6.07) is 2.14. The average molecular weight is 381 g/mol. The lowest BCUT2D eigenvalue weighted by Gasteiger charge is -2.04. The molecule has 0 aliphatic carbocycles. The van der Waals surface area contributed by atoms with Crippen LogP contribution in [0, 0.1) is 11.6 Å². The molecule has 96 valence electrons. The Bertz CT molecular complexity index is 571. The van der Waals surface area contributed by atoms with Crippen molar-refractivity contribution in [3.63, 3.8) is 0 Å². The molecule has 0 saturated heterocycles. The van der Waals surface area contributed by atoms with Crippen LogP contribution in [0.25, 0.3) is 5.69 Å². The van der Waals surface area contributed by atoms with Crippen molar-refractivity contribution < 1.29 is 8.78 Å². The van der Waals surface area contributed by atoms with Crippen molar-refractivity contribution in [2.75, 3.05) is 0 Å². The molecule has 0 radical (unpaired) electrons. The van der Waals surface area contributed by atoms with Crippen LogP contribution in [-0.4, -0.2) is 15.0 Å². The lowest BCUT2D eigenvalue weighted by Crippen LogP contribution is -2.00. The Balaban J connectivity index is 2.43. The van der Waals surface area contributed by atoms with Gasteiger partial charge in [-0.1, -0.05) is 28.1 Å². The second kappa shape index (κ2) is 5.44. The maximum Gasteiger partial charge on any atom is 0.151 e. The summed E-state index contributed by atoms with van der Waals surface area (Å²) in [5.41, 5.74) is 0.857. The van der Waals surface area contributed by atoms with E-state index in [2.05, 4.69) is 42.2 Å². The molecule has 0 saturated carbocycles. The quantitative estimate of drug-likeness (QED) is 0.591. The molecule has 1 heterocycles. The molecule has 0 aliphatic heterocycles. The monoisotopic (exact) mass is 379 g/mol. The van der Waals surface area contributed by atoms with Crippen LogP contribution in [0.3, 0.4) is 0 Å². The third-order valence-corrected chi connectivity index (χ3v) is 4.15. The lowest BCUT2D eigenvalue weighted by molar-refractivity contribution is 0.568. The zero-order valence-corrected chi connectivity index (χ0v) is 12.5. The molecule has 0 N–H and O–H groups in total. The van der Waals surface area contributed by atoms with Crippen LogP contribution >= 0.6 is 31.9 Å². The van der Waals surface area contributed by atoms with E-state index < -0.39 is 11.6 Å². The Morgan fingerprint density at radius 3 is 2.72 bits per heavy atom. The Labute approximate surface area is 119 Å². The van der Waals surface area contributed by atoms with E-state index in [4.69, 9.17) is 0 Å². The number of rotatable bonds is 3. The molecule has 0 spiro atoms. The normalized spacial score (nSPS) is 12.7. The molecule has 1 aromatic heterocycles. The highest BCUT2D eigenvalue weighted by atomic mass is 79.9. The number of hydrogen-bond donors (Lipinski definition) is 0. The summed E-state index contributed by atoms with van der Waals surface area (Å²) in [6.07, 6.45) is 2.46. The van der Waals surface area contributed by atoms with Crippen molar-refractivity contribution >= 4 is 31.9 Å². The highest BCUT2D eigenvalue weighted by Crippen LogP contribution is 2.26. The molecule has 1 unspecified atom stereocenters. The van der Waals surface area contributed by atoms with Gasteiger partial charge in [-0.15, -0.1) is 5.10 Å². The minimum Gasteiger partial charge on any atom is -0.217 e. The molecule has 7 heteroatoms. The Kier molecular flexibility index (Phi) is 4.11. The van der Waals surface area contributed by atoms with Gasteiger partial charge in [0, 0.05) is 6.07 Å². The number of benzene rings is 1. The van der Waals surface area contributed by atoms with Gasteiger partial charge >= 0.3 is 0 Å². The third-order valence-electron chi connectivity index (χ3n) is 2.43. The first-order valence-corrected chi connectivity index (χ1v) is 6.95. The summed E-state index contributed by atoms with van der Waals surface area (Å²) in [5.74, 6) is -1.33. The fraction of sp³-hybridized carbons (Fsp3) is 0.273. The topological polar surface area (TPSA) is 30.7 Å². The van der Waals surface area contributed by atoms with E-state index in [0.29, 0.717) is 5.69 Å². The molecule has 2 aromatic rings. The molecule has 0 fully saturated rings. The second-order valence-electron chi connectivity index (χ2n) is 3.68. The van der Waals surface area contributed by atoms with Gasteiger partial charge in [0.05, 0.1) is 21.2 Å². The maximum absolute atomic E-state index is 13.6. The smallest absolute Gasteiger partial charge is 0.151 e. The predicted octanol–water partition coefficient (Wildman–Crippen LogP) is 4.15. The minimum atomic E-state index is -0.685. The number of hydrogen-bond acceptors (Lipinski definition) is 2. The van der Waals surface area contributed by atoms with Crippen molar-refractivity contribution in [1.82, 2.24) is 15.0 Å². The highest BCUT2D eigenvalue weighted by Gasteiger charge is 2.14. The number of halogens is 4. The van der Waals surface area contributed by atoms with Crippen LogP contribution in [-0.2, 0) is 0 Å². The predicted molar refractivity (Wildman–Crippen MR) is 70.9 cm³/mol. The highest BCUT2D eigenvalue weighted by molar-refractivity contribution is 9.10. The van der Waals surface area contributed by atoms with Crippen molar-refractivity contribution in [2.45, 2.75) is 18.2 Å². The Morgan fingerprint density at radius 1 is 1.33 bits per heavy atom. The van der Waals surface area contributed by atoms with Gasteiger partial charge in [-0.2, -0.15) is 0 Å². The van der Waals surface area contributed by atoms with E-state index in [1.807, 2.05) is 6.92 Å². The zero-order valence-electron chi connectivity index (χ0n) is 9.37. The average Bonchev–Trinajstić information content (AvgIpc) is 2.82. The first kappa shape index (κ1) is 13.6. The molecule has 3 nitrogen and oxygen atoms in total. The van der Waals surface area contributed by atoms with Crippen molar-refractivity contribution in [3.8, 4) is 5.69 Å². The molecular weight excluding hydrogens is 372 g/mol. The SMILES string of the molecule is CCC(Br)c1cn(-c2cc(Br)c(F)cc2F)nn1. The van der Waals surface area contributed by atoms with Crippen LogP contribution in [0.2, 0.25) is 0 Å². The largest absolute Gasteiger partial charge is 0.217 e. The van der Waals surface area contributed by atoms with Crippen LogP contribution in [0.4, 0.5) is 8.78 Å². The summed E-state index contributed by atoms with van der Waals surface area (Å²) >= 11 is 6.45. The summed E-state index contributed by atoms with van der Waals surface area (Å²) in [5, 5.41) is 7.79. The maximum atomic E-state index is 13.6. The fourth-order valence-electron chi connectivity index (χ4n) is 1.43. The summed E-state index contributed by atoms with van der Waals surface area (Å²) in [6.45, 7) is 1.99. The van der Waals surface area contributed by atoms with Crippen LogP contribution < -0.4 is 0 Å². The van der Waals surface area contributed by atoms with Gasteiger partial charge < -0.3 is 0 Å². The molecule has 1 atom stereocenters. The number of alkyl halides is 1. The van der Waals surface area contributed by atoms with Gasteiger partial charge in [0.15, 0.2) is 5.82 Å².